The van der Waals surface area contributed by atoms with Gasteiger partial charge in [-0.2, -0.15) is 5.10 Å². The fraction of sp³-hybridized carbons (Fsp3) is 0.571. The molecule has 0 bridgehead atoms. The topological polar surface area (TPSA) is 46.5 Å². The van der Waals surface area contributed by atoms with E-state index < -0.39 is 0 Å². The second-order valence-corrected chi connectivity index (χ2v) is 6.15. The molecule has 0 radical (unpaired) electrons. The van der Waals surface area contributed by atoms with Crippen molar-refractivity contribution in [3.63, 3.8) is 0 Å². The van der Waals surface area contributed by atoms with E-state index in [2.05, 4.69) is 47.4 Å². The summed E-state index contributed by atoms with van der Waals surface area (Å²) in [5, 5.41) is 6.94. The zero-order chi connectivity index (χ0) is 13.2. The van der Waals surface area contributed by atoms with E-state index in [4.69, 9.17) is 0 Å². The summed E-state index contributed by atoms with van der Waals surface area (Å²) < 4.78 is 2.18. The number of nitrogens with zero attached hydrogens (tertiary/aromatic N) is 3. The number of imidazole rings is 1. The van der Waals surface area contributed by atoms with Crippen LogP contribution in [0.2, 0.25) is 0 Å². The highest BCUT2D eigenvalue weighted by atomic mass is 15.1. The average molecular weight is 246 g/mol. The fourth-order valence-electron chi connectivity index (χ4n) is 2.13. The van der Waals surface area contributed by atoms with Gasteiger partial charge in [0, 0.05) is 24.1 Å². The van der Waals surface area contributed by atoms with Crippen LogP contribution in [0.1, 0.15) is 46.1 Å². The molecule has 0 saturated carbocycles. The standard InChI is InChI=1S/C14H22N4/c1-13(2,12-9-16-17-10-12)5-6-14(3,4)18-8-7-15-11-18/h7-11H,5-6H2,1-4H3,(H,16,17). The van der Waals surface area contributed by atoms with Gasteiger partial charge < -0.3 is 4.57 Å². The van der Waals surface area contributed by atoms with Gasteiger partial charge >= 0.3 is 0 Å². The molecule has 2 rings (SSSR count). The highest BCUT2D eigenvalue weighted by Crippen LogP contribution is 2.32. The molecule has 0 fully saturated rings. The van der Waals surface area contributed by atoms with Crippen molar-refractivity contribution in [3.8, 4) is 0 Å². The maximum atomic E-state index is 4.13. The zero-order valence-electron chi connectivity index (χ0n) is 11.6. The Kier molecular flexibility index (Phi) is 3.28. The van der Waals surface area contributed by atoms with Crippen molar-refractivity contribution in [1.82, 2.24) is 19.7 Å². The minimum absolute atomic E-state index is 0.0947. The molecular formula is C14H22N4. The van der Waals surface area contributed by atoms with Gasteiger partial charge in [0.1, 0.15) is 0 Å². The number of aromatic amines is 1. The van der Waals surface area contributed by atoms with Crippen LogP contribution in [-0.2, 0) is 11.0 Å². The Morgan fingerprint density at radius 1 is 1.22 bits per heavy atom. The van der Waals surface area contributed by atoms with Gasteiger partial charge in [0.25, 0.3) is 0 Å². The maximum Gasteiger partial charge on any atom is 0.0950 e. The molecule has 0 aliphatic rings. The first kappa shape index (κ1) is 12.9. The zero-order valence-corrected chi connectivity index (χ0v) is 11.6. The number of rotatable bonds is 5. The summed E-state index contributed by atoms with van der Waals surface area (Å²) in [6, 6.07) is 0. The van der Waals surface area contributed by atoms with Crippen LogP contribution in [0.5, 0.6) is 0 Å². The Morgan fingerprint density at radius 2 is 2.00 bits per heavy atom. The van der Waals surface area contributed by atoms with Gasteiger partial charge in [0.05, 0.1) is 12.5 Å². The predicted molar refractivity (Wildman–Crippen MR) is 72.4 cm³/mol. The molecule has 18 heavy (non-hydrogen) atoms. The third kappa shape index (κ3) is 2.63. The van der Waals surface area contributed by atoms with E-state index >= 15 is 0 Å². The molecule has 0 aliphatic heterocycles. The van der Waals surface area contributed by atoms with Crippen molar-refractivity contribution in [2.45, 2.75) is 51.5 Å². The molecule has 4 nitrogen and oxygen atoms in total. The third-order valence-electron chi connectivity index (χ3n) is 3.84. The maximum absolute atomic E-state index is 4.13. The molecule has 1 N–H and O–H groups in total. The van der Waals surface area contributed by atoms with E-state index in [1.165, 1.54) is 5.56 Å². The summed E-state index contributed by atoms with van der Waals surface area (Å²) in [5.74, 6) is 0. The summed E-state index contributed by atoms with van der Waals surface area (Å²) in [6.45, 7) is 9.03. The summed E-state index contributed by atoms with van der Waals surface area (Å²) in [7, 11) is 0. The molecule has 0 unspecified atom stereocenters. The van der Waals surface area contributed by atoms with Gasteiger partial charge in [0.2, 0.25) is 0 Å². The lowest BCUT2D eigenvalue weighted by atomic mass is 9.79. The molecule has 0 atom stereocenters. The van der Waals surface area contributed by atoms with E-state index in [9.17, 15) is 0 Å². The summed E-state index contributed by atoms with van der Waals surface area (Å²) >= 11 is 0. The van der Waals surface area contributed by atoms with Crippen LogP contribution >= 0.6 is 0 Å². The number of hydrogen-bond acceptors (Lipinski definition) is 2. The lowest BCUT2D eigenvalue weighted by Crippen LogP contribution is -2.28. The summed E-state index contributed by atoms with van der Waals surface area (Å²) in [4.78, 5) is 4.13. The minimum Gasteiger partial charge on any atom is -0.332 e. The summed E-state index contributed by atoms with van der Waals surface area (Å²) in [6.07, 6.45) is 11.9. The van der Waals surface area contributed by atoms with Crippen LogP contribution in [0, 0.1) is 0 Å². The van der Waals surface area contributed by atoms with Crippen molar-refractivity contribution in [3.05, 3.63) is 36.7 Å². The van der Waals surface area contributed by atoms with E-state index in [1.54, 1.807) is 0 Å². The van der Waals surface area contributed by atoms with Crippen molar-refractivity contribution in [2.24, 2.45) is 0 Å². The molecule has 0 amide bonds. The Morgan fingerprint density at radius 3 is 2.56 bits per heavy atom. The van der Waals surface area contributed by atoms with E-state index in [-0.39, 0.29) is 11.0 Å². The molecule has 0 aliphatic carbocycles. The van der Waals surface area contributed by atoms with Gasteiger partial charge in [-0.1, -0.05) is 13.8 Å². The van der Waals surface area contributed by atoms with Crippen LogP contribution in [0.4, 0.5) is 0 Å². The second kappa shape index (κ2) is 4.59. The Balaban J connectivity index is 2.03. The lowest BCUT2D eigenvalue weighted by Gasteiger charge is -2.31. The molecule has 2 aromatic rings. The number of hydrogen-bond donors (Lipinski definition) is 1. The molecule has 0 saturated heterocycles. The highest BCUT2D eigenvalue weighted by molar-refractivity contribution is 5.16. The molecule has 2 aromatic heterocycles. The average Bonchev–Trinajstić information content (AvgIpc) is 2.99. The monoisotopic (exact) mass is 246 g/mol. The van der Waals surface area contributed by atoms with Crippen LogP contribution < -0.4 is 0 Å². The summed E-state index contributed by atoms with van der Waals surface area (Å²) in [5.41, 5.74) is 1.51. The van der Waals surface area contributed by atoms with Gasteiger partial charge in [-0.15, -0.1) is 0 Å². The molecule has 4 heteroatoms. The second-order valence-electron chi connectivity index (χ2n) is 6.15. The number of aromatic nitrogens is 4. The van der Waals surface area contributed by atoms with Crippen molar-refractivity contribution >= 4 is 0 Å². The van der Waals surface area contributed by atoms with Crippen molar-refractivity contribution < 1.29 is 0 Å². The Hall–Kier alpha value is -1.58. The Bertz CT molecular complexity index is 420. The highest BCUT2D eigenvalue weighted by Gasteiger charge is 2.27. The molecule has 0 aromatic carbocycles. The van der Waals surface area contributed by atoms with Crippen LogP contribution in [-0.4, -0.2) is 19.7 Å². The van der Waals surface area contributed by atoms with Crippen LogP contribution in [0.15, 0.2) is 31.1 Å². The normalized spacial score (nSPS) is 12.9. The van der Waals surface area contributed by atoms with E-state index in [0.29, 0.717) is 0 Å². The number of nitrogens with one attached hydrogen (secondary N) is 1. The van der Waals surface area contributed by atoms with Crippen LogP contribution in [0.3, 0.4) is 0 Å². The Labute approximate surface area is 108 Å². The first-order valence-corrected chi connectivity index (χ1v) is 6.39. The van der Waals surface area contributed by atoms with Crippen molar-refractivity contribution in [1.29, 1.82) is 0 Å². The predicted octanol–water partition coefficient (Wildman–Crippen LogP) is 3.10. The quantitative estimate of drug-likeness (QED) is 0.881. The van der Waals surface area contributed by atoms with Gasteiger partial charge in [-0.3, -0.25) is 5.10 Å². The van der Waals surface area contributed by atoms with Crippen molar-refractivity contribution in [2.75, 3.05) is 0 Å². The molecule has 2 heterocycles. The molecule has 98 valence electrons. The van der Waals surface area contributed by atoms with Gasteiger partial charge in [-0.05, 0) is 37.7 Å². The van der Waals surface area contributed by atoms with E-state index in [1.807, 2.05) is 31.1 Å². The van der Waals surface area contributed by atoms with Gasteiger partial charge in [-0.25, -0.2) is 4.98 Å². The van der Waals surface area contributed by atoms with Gasteiger partial charge in [0.15, 0.2) is 0 Å². The first-order chi connectivity index (χ1) is 8.42. The smallest absolute Gasteiger partial charge is 0.0950 e. The third-order valence-corrected chi connectivity index (χ3v) is 3.84. The molecule has 0 spiro atoms. The minimum atomic E-state index is 0.0947. The number of H-pyrrole nitrogens is 1. The fourth-order valence-corrected chi connectivity index (χ4v) is 2.13. The first-order valence-electron chi connectivity index (χ1n) is 6.39. The lowest BCUT2D eigenvalue weighted by molar-refractivity contribution is 0.284. The molecular weight excluding hydrogens is 224 g/mol. The largest absolute Gasteiger partial charge is 0.332 e. The van der Waals surface area contributed by atoms with Crippen LogP contribution in [0.25, 0.3) is 0 Å². The SMILES string of the molecule is CC(C)(CCC(C)(C)n1ccnc1)c1cn[nH]c1. The van der Waals surface area contributed by atoms with E-state index in [0.717, 1.165) is 12.8 Å².